The molecule has 2 fully saturated rings. The lowest BCUT2D eigenvalue weighted by atomic mass is 10.2. The van der Waals surface area contributed by atoms with Crippen LogP contribution >= 0.6 is 24.8 Å². The lowest BCUT2D eigenvalue weighted by Gasteiger charge is -2.30. The van der Waals surface area contributed by atoms with Crippen molar-refractivity contribution in [1.82, 2.24) is 10.6 Å². The highest BCUT2D eigenvalue weighted by Crippen LogP contribution is 2.34. The van der Waals surface area contributed by atoms with Gasteiger partial charge in [-0.05, 0) is 110 Å². The number of halogens is 2. The van der Waals surface area contributed by atoms with E-state index < -0.39 is 40.1 Å². The fourth-order valence-electron chi connectivity index (χ4n) is 7.57. The zero-order chi connectivity index (χ0) is 49.8. The van der Waals surface area contributed by atoms with Crippen LogP contribution in [0, 0.1) is 6.92 Å². The molecule has 0 saturated carbocycles. The highest BCUT2D eigenvalue weighted by molar-refractivity contribution is 7.94. The summed E-state index contributed by atoms with van der Waals surface area (Å²) < 4.78 is 121. The van der Waals surface area contributed by atoms with Crippen LogP contribution in [0.1, 0.15) is 25.3 Å². The summed E-state index contributed by atoms with van der Waals surface area (Å²) in [6.07, 6.45) is 1.91. The number of nitrogens with zero attached hydrogens (tertiary/aromatic N) is 2. The Balaban J connectivity index is 0.000000262. The molecule has 0 bridgehead atoms. The summed E-state index contributed by atoms with van der Waals surface area (Å²) in [6.45, 7) is 10.6. The van der Waals surface area contributed by atoms with Gasteiger partial charge in [-0.25, -0.2) is 33.7 Å². The van der Waals surface area contributed by atoms with E-state index in [0.29, 0.717) is 17.9 Å². The molecule has 0 spiro atoms. The third-order valence-electron chi connectivity index (χ3n) is 11.3. The van der Waals surface area contributed by atoms with E-state index in [9.17, 15) is 33.7 Å². The van der Waals surface area contributed by atoms with Crippen molar-refractivity contribution in [2.24, 2.45) is 0 Å². The van der Waals surface area contributed by atoms with E-state index in [1.807, 2.05) is 0 Å². The van der Waals surface area contributed by atoms with E-state index in [1.54, 1.807) is 110 Å². The second kappa shape index (κ2) is 25.7. The molecule has 388 valence electrons. The molecule has 0 amide bonds. The van der Waals surface area contributed by atoms with Crippen molar-refractivity contribution < 1.29 is 38.4 Å². The molecule has 6 N–H and O–H groups in total. The van der Waals surface area contributed by atoms with Crippen LogP contribution in [0.15, 0.2) is 165 Å². The number of hydrogen-bond acceptors (Lipinski definition) is 13. The quantitative estimate of drug-likeness (QED) is 0.0454. The standard InChI is InChI=1S/C26H32N4O5S2.C23H26N4O4S2.2ClH/c1-2-3-19-35-22-10-12-24(13-11-22)37(33,34)28-25-14-9-21(30-17-15-27-16-18-30)20-26(25)29-36(31,32)23-7-5-4-6-8-23;1-18-7-5-6-10-23(18)33(30,31)25-21-12-11-19(27-15-13-24-14-16-27)17-22(21)26-32(28,29)20-8-3-2-4-9-20;;/h4-14,20,27-29H,2-3,15-19H2,1H3;2-12,17,24-26H,13-16H2,1H3;2*1H. The average molecular weight is 1100 g/mol. The summed E-state index contributed by atoms with van der Waals surface area (Å²) in [4.78, 5) is 4.58. The van der Waals surface area contributed by atoms with Crippen LogP contribution in [-0.4, -0.2) is 92.6 Å². The average Bonchev–Trinajstić information content (AvgIpc) is 3.36. The topological polar surface area (TPSA) is 224 Å². The Labute approximate surface area is 436 Å². The number of rotatable bonds is 18. The third-order valence-corrected chi connectivity index (χ3v) is 17.0. The first-order chi connectivity index (χ1) is 33.5. The first-order valence-corrected chi connectivity index (χ1v) is 28.7. The molecular formula is C49H60Cl2N8O9S4. The van der Waals surface area contributed by atoms with Gasteiger partial charge in [0.1, 0.15) is 5.75 Å². The van der Waals surface area contributed by atoms with Crippen molar-refractivity contribution in [2.45, 2.75) is 46.3 Å². The summed E-state index contributed by atoms with van der Waals surface area (Å²) in [5.41, 5.74) is 2.77. The van der Waals surface area contributed by atoms with Crippen LogP contribution in [0.3, 0.4) is 0 Å². The van der Waals surface area contributed by atoms with Gasteiger partial charge in [0, 0.05) is 63.7 Å². The second-order valence-corrected chi connectivity index (χ2v) is 23.1. The van der Waals surface area contributed by atoms with E-state index in [-0.39, 0.29) is 67.1 Å². The molecule has 2 heterocycles. The van der Waals surface area contributed by atoms with Gasteiger partial charge in [-0.2, -0.15) is 0 Å². The van der Waals surface area contributed by atoms with E-state index in [2.05, 4.69) is 46.2 Å². The molecule has 0 unspecified atom stereocenters. The molecular weight excluding hydrogens is 1040 g/mol. The number of sulfonamides is 4. The van der Waals surface area contributed by atoms with Crippen LogP contribution < -0.4 is 44.1 Å². The summed E-state index contributed by atoms with van der Waals surface area (Å²) in [5, 5.41) is 6.56. The van der Waals surface area contributed by atoms with Gasteiger partial charge in [-0.15, -0.1) is 24.8 Å². The van der Waals surface area contributed by atoms with Crippen LogP contribution in [0.2, 0.25) is 0 Å². The normalized spacial score (nSPS) is 14.0. The van der Waals surface area contributed by atoms with Crippen molar-refractivity contribution in [2.75, 3.05) is 87.7 Å². The van der Waals surface area contributed by atoms with Gasteiger partial charge in [-0.1, -0.05) is 67.9 Å². The molecule has 17 nitrogen and oxygen atoms in total. The van der Waals surface area contributed by atoms with Crippen LogP contribution in [0.25, 0.3) is 0 Å². The monoisotopic (exact) mass is 1100 g/mol. The molecule has 23 heteroatoms. The first kappa shape index (κ1) is 57.1. The minimum absolute atomic E-state index is 0. The molecule has 72 heavy (non-hydrogen) atoms. The predicted octanol–water partition coefficient (Wildman–Crippen LogP) is 7.73. The van der Waals surface area contributed by atoms with Crippen molar-refractivity contribution in [3.63, 3.8) is 0 Å². The van der Waals surface area contributed by atoms with Crippen molar-refractivity contribution in [3.8, 4) is 5.75 Å². The van der Waals surface area contributed by atoms with Crippen LogP contribution in [0.4, 0.5) is 34.1 Å². The Kier molecular flexibility index (Phi) is 20.4. The lowest BCUT2D eigenvalue weighted by Crippen LogP contribution is -2.43. The first-order valence-electron chi connectivity index (χ1n) is 22.7. The number of hydrogen-bond donors (Lipinski definition) is 6. The maximum atomic E-state index is 13.2. The number of benzene rings is 6. The molecule has 0 aliphatic carbocycles. The Morgan fingerprint density at radius 1 is 0.472 bits per heavy atom. The number of ether oxygens (including phenoxy) is 1. The summed E-state index contributed by atoms with van der Waals surface area (Å²) >= 11 is 0. The summed E-state index contributed by atoms with van der Waals surface area (Å²) in [5.74, 6) is 0.587. The minimum Gasteiger partial charge on any atom is -0.494 e. The zero-order valence-electron chi connectivity index (χ0n) is 39.7. The van der Waals surface area contributed by atoms with E-state index in [0.717, 1.165) is 76.6 Å². The molecule has 8 rings (SSSR count). The minimum atomic E-state index is -4.00. The molecule has 6 aromatic carbocycles. The molecule has 2 aliphatic heterocycles. The Hall–Kier alpha value is -5.78. The van der Waals surface area contributed by atoms with Crippen molar-refractivity contribution in [3.05, 3.63) is 151 Å². The van der Waals surface area contributed by atoms with Gasteiger partial charge in [0.05, 0.1) is 48.9 Å². The third kappa shape index (κ3) is 15.1. The van der Waals surface area contributed by atoms with Crippen molar-refractivity contribution >= 4 is 99.0 Å². The van der Waals surface area contributed by atoms with Gasteiger partial charge in [0.25, 0.3) is 40.1 Å². The fraction of sp³-hybridized carbons (Fsp3) is 0.265. The van der Waals surface area contributed by atoms with Gasteiger partial charge in [-0.3, -0.25) is 18.9 Å². The predicted molar refractivity (Wildman–Crippen MR) is 292 cm³/mol. The van der Waals surface area contributed by atoms with Gasteiger partial charge >= 0.3 is 0 Å². The van der Waals surface area contributed by atoms with E-state index >= 15 is 0 Å². The van der Waals surface area contributed by atoms with Gasteiger partial charge in [0.15, 0.2) is 0 Å². The number of anilines is 6. The Bertz CT molecular complexity index is 3170. The largest absolute Gasteiger partial charge is 0.494 e. The molecule has 0 aromatic heterocycles. The summed E-state index contributed by atoms with van der Waals surface area (Å²) in [7, 11) is -15.8. The SMILES string of the molecule is CCCCOc1ccc(S(=O)(=O)Nc2ccc(N3CCNCC3)cc2NS(=O)(=O)c2ccccc2)cc1.Cc1ccccc1S(=O)(=O)Nc1ccc(N2CCNCC2)cc1NS(=O)(=O)c1ccccc1.Cl.Cl. The Morgan fingerprint density at radius 2 is 0.861 bits per heavy atom. The molecule has 0 atom stereocenters. The maximum Gasteiger partial charge on any atom is 0.262 e. The second-order valence-electron chi connectivity index (χ2n) is 16.4. The molecule has 2 aliphatic rings. The Morgan fingerprint density at radius 3 is 1.29 bits per heavy atom. The van der Waals surface area contributed by atoms with Gasteiger partial charge < -0.3 is 25.2 Å². The fourth-order valence-corrected chi connectivity index (χ4v) is 12.2. The molecule has 2 saturated heterocycles. The molecule has 6 aromatic rings. The number of unbranched alkanes of at least 4 members (excludes halogenated alkanes) is 1. The zero-order valence-corrected chi connectivity index (χ0v) is 44.6. The number of piperazine rings is 2. The smallest absolute Gasteiger partial charge is 0.262 e. The highest BCUT2D eigenvalue weighted by Gasteiger charge is 2.24. The van der Waals surface area contributed by atoms with Crippen molar-refractivity contribution in [1.29, 1.82) is 0 Å². The van der Waals surface area contributed by atoms with Crippen LogP contribution in [-0.2, 0) is 40.1 Å². The summed E-state index contributed by atoms with van der Waals surface area (Å²) in [6, 6.07) is 38.8. The van der Waals surface area contributed by atoms with E-state index in [4.69, 9.17) is 4.74 Å². The highest BCUT2D eigenvalue weighted by atomic mass is 35.5. The van der Waals surface area contributed by atoms with Crippen LogP contribution in [0.5, 0.6) is 5.75 Å². The number of nitrogens with one attached hydrogen (secondary N) is 6. The maximum absolute atomic E-state index is 13.2. The lowest BCUT2D eigenvalue weighted by molar-refractivity contribution is 0.309. The van der Waals surface area contributed by atoms with E-state index in [1.165, 1.54) is 42.5 Å². The van der Waals surface area contributed by atoms with Gasteiger partial charge in [0.2, 0.25) is 0 Å². The molecule has 0 radical (unpaired) electrons. The number of aryl methyl sites for hydroxylation is 1.